The van der Waals surface area contributed by atoms with Gasteiger partial charge in [0.2, 0.25) is 0 Å². The van der Waals surface area contributed by atoms with E-state index in [1.165, 1.54) is 18.3 Å². The molecule has 0 aliphatic rings. The Balaban J connectivity index is 2.36. The highest BCUT2D eigenvalue weighted by Crippen LogP contribution is 2.33. The topological polar surface area (TPSA) is 31.2 Å². The third-order valence-corrected chi connectivity index (χ3v) is 3.93. The van der Waals surface area contributed by atoms with E-state index in [1.807, 2.05) is 0 Å². The SMILES string of the molecule is Cc1cc(F)cc(C)c1Oc1cn(CCC(F)(F)F)c(=O)cc1Br. The predicted octanol–water partition coefficient (Wildman–Crippen LogP) is 5.11. The molecular weight excluding hydrogens is 394 g/mol. The van der Waals surface area contributed by atoms with Crippen molar-refractivity contribution in [3.05, 3.63) is 56.2 Å². The molecule has 0 bridgehead atoms. The Hall–Kier alpha value is -1.83. The fourth-order valence-corrected chi connectivity index (χ4v) is 2.57. The van der Waals surface area contributed by atoms with Crippen LogP contribution in [0, 0.1) is 19.7 Å². The maximum absolute atomic E-state index is 13.3. The smallest absolute Gasteiger partial charge is 0.390 e. The van der Waals surface area contributed by atoms with Crippen molar-refractivity contribution >= 4 is 15.9 Å². The summed E-state index contributed by atoms with van der Waals surface area (Å²) in [6.07, 6.45) is -4.28. The van der Waals surface area contributed by atoms with Crippen LogP contribution in [0.25, 0.3) is 0 Å². The van der Waals surface area contributed by atoms with E-state index in [1.54, 1.807) is 13.8 Å². The van der Waals surface area contributed by atoms with Gasteiger partial charge in [-0.3, -0.25) is 4.79 Å². The van der Waals surface area contributed by atoms with Gasteiger partial charge in [-0.15, -0.1) is 0 Å². The van der Waals surface area contributed by atoms with E-state index in [0.29, 0.717) is 21.3 Å². The molecule has 0 aliphatic heterocycles. The molecule has 3 nitrogen and oxygen atoms in total. The second-order valence-corrected chi connectivity index (χ2v) is 6.21. The van der Waals surface area contributed by atoms with Gasteiger partial charge in [0.05, 0.1) is 17.1 Å². The number of aryl methyl sites for hydroxylation is 3. The van der Waals surface area contributed by atoms with Crippen molar-refractivity contribution in [3.63, 3.8) is 0 Å². The first-order valence-corrected chi connectivity index (χ1v) is 7.77. The second kappa shape index (κ2) is 6.96. The van der Waals surface area contributed by atoms with Crippen LogP contribution >= 0.6 is 15.9 Å². The summed E-state index contributed by atoms with van der Waals surface area (Å²) in [6, 6.07) is 3.71. The Bertz CT molecular complexity index is 792. The van der Waals surface area contributed by atoms with Crippen LogP contribution in [0.2, 0.25) is 0 Å². The van der Waals surface area contributed by atoms with Crippen molar-refractivity contribution in [2.75, 3.05) is 0 Å². The molecule has 0 saturated heterocycles. The lowest BCUT2D eigenvalue weighted by atomic mass is 10.1. The summed E-state index contributed by atoms with van der Waals surface area (Å²) >= 11 is 3.16. The maximum atomic E-state index is 13.3. The highest BCUT2D eigenvalue weighted by atomic mass is 79.9. The maximum Gasteiger partial charge on any atom is 0.390 e. The van der Waals surface area contributed by atoms with E-state index in [4.69, 9.17) is 4.74 Å². The van der Waals surface area contributed by atoms with Crippen LogP contribution in [-0.4, -0.2) is 10.7 Å². The van der Waals surface area contributed by atoms with Crippen LogP contribution < -0.4 is 10.3 Å². The summed E-state index contributed by atoms with van der Waals surface area (Å²) in [6.45, 7) is 2.80. The summed E-state index contributed by atoms with van der Waals surface area (Å²) in [4.78, 5) is 11.8. The number of alkyl halides is 3. The number of benzene rings is 1. The molecule has 2 aromatic rings. The second-order valence-electron chi connectivity index (χ2n) is 5.35. The molecule has 1 aromatic carbocycles. The number of hydrogen-bond donors (Lipinski definition) is 0. The molecule has 0 atom stereocenters. The molecule has 0 aliphatic carbocycles. The quantitative estimate of drug-likeness (QED) is 0.659. The van der Waals surface area contributed by atoms with E-state index in [0.717, 1.165) is 10.6 Å². The molecule has 2 rings (SSSR count). The Morgan fingerprint density at radius 2 is 1.75 bits per heavy atom. The Kier molecular flexibility index (Phi) is 5.37. The van der Waals surface area contributed by atoms with Gasteiger partial charge in [0.15, 0.2) is 5.75 Å². The average Bonchev–Trinajstić information content (AvgIpc) is 2.42. The van der Waals surface area contributed by atoms with Gasteiger partial charge in [0, 0.05) is 12.6 Å². The molecule has 8 heteroatoms. The van der Waals surface area contributed by atoms with Crippen LogP contribution in [0.3, 0.4) is 0 Å². The molecule has 0 spiro atoms. The van der Waals surface area contributed by atoms with Gasteiger partial charge in [-0.25, -0.2) is 4.39 Å². The minimum Gasteiger partial charge on any atom is -0.454 e. The van der Waals surface area contributed by atoms with Crippen LogP contribution in [0.1, 0.15) is 17.5 Å². The number of rotatable bonds is 4. The number of nitrogens with zero attached hydrogens (tertiary/aromatic N) is 1. The molecule has 0 unspecified atom stereocenters. The number of pyridine rings is 1. The standard InChI is InChI=1S/C16H14BrF4NO2/c1-9-5-11(18)6-10(2)15(9)24-13-8-22(4-3-16(19,20)21)14(23)7-12(13)17/h5-8H,3-4H2,1-2H3. The summed E-state index contributed by atoms with van der Waals surface area (Å²) in [5.41, 5.74) is 0.492. The fourth-order valence-electron chi connectivity index (χ4n) is 2.19. The molecule has 0 fully saturated rings. The zero-order chi connectivity index (χ0) is 18.1. The zero-order valence-corrected chi connectivity index (χ0v) is 14.5. The van der Waals surface area contributed by atoms with Crippen LogP contribution in [0.4, 0.5) is 17.6 Å². The van der Waals surface area contributed by atoms with Gasteiger partial charge in [-0.1, -0.05) is 0 Å². The summed E-state index contributed by atoms with van der Waals surface area (Å²) in [7, 11) is 0. The van der Waals surface area contributed by atoms with E-state index < -0.39 is 30.5 Å². The van der Waals surface area contributed by atoms with E-state index in [2.05, 4.69) is 15.9 Å². The third-order valence-electron chi connectivity index (χ3n) is 3.32. The summed E-state index contributed by atoms with van der Waals surface area (Å²) < 4.78 is 57.3. The van der Waals surface area contributed by atoms with Crippen molar-refractivity contribution in [2.24, 2.45) is 0 Å². The first kappa shape index (κ1) is 18.5. The molecule has 0 amide bonds. The lowest BCUT2D eigenvalue weighted by molar-refractivity contribution is -0.136. The number of hydrogen-bond acceptors (Lipinski definition) is 2. The van der Waals surface area contributed by atoms with E-state index in [9.17, 15) is 22.4 Å². The number of ether oxygens (including phenoxy) is 1. The summed E-state index contributed by atoms with van der Waals surface area (Å²) in [5, 5.41) is 0. The molecule has 1 aromatic heterocycles. The lowest BCUT2D eigenvalue weighted by Gasteiger charge is -2.15. The first-order valence-electron chi connectivity index (χ1n) is 6.98. The highest BCUT2D eigenvalue weighted by molar-refractivity contribution is 9.10. The van der Waals surface area contributed by atoms with E-state index in [-0.39, 0.29) is 5.75 Å². The fraction of sp³-hybridized carbons (Fsp3) is 0.312. The van der Waals surface area contributed by atoms with Crippen molar-refractivity contribution in [1.29, 1.82) is 0 Å². The third kappa shape index (κ3) is 4.59. The van der Waals surface area contributed by atoms with Crippen molar-refractivity contribution in [2.45, 2.75) is 33.0 Å². The van der Waals surface area contributed by atoms with Gasteiger partial charge < -0.3 is 9.30 Å². The van der Waals surface area contributed by atoms with Gasteiger partial charge in [-0.05, 0) is 53.0 Å². The normalized spacial score (nSPS) is 11.6. The van der Waals surface area contributed by atoms with Gasteiger partial charge in [-0.2, -0.15) is 13.2 Å². The molecular formula is C16H14BrF4NO2. The number of aromatic nitrogens is 1. The van der Waals surface area contributed by atoms with Gasteiger partial charge in [0.25, 0.3) is 5.56 Å². The summed E-state index contributed by atoms with van der Waals surface area (Å²) in [5.74, 6) is 0.152. The monoisotopic (exact) mass is 407 g/mol. The number of halogens is 5. The average molecular weight is 408 g/mol. The van der Waals surface area contributed by atoms with Crippen LogP contribution in [0.5, 0.6) is 11.5 Å². The molecule has 24 heavy (non-hydrogen) atoms. The van der Waals surface area contributed by atoms with E-state index >= 15 is 0 Å². The van der Waals surface area contributed by atoms with Crippen molar-refractivity contribution < 1.29 is 22.3 Å². The Labute approximate surface area is 144 Å². The lowest BCUT2D eigenvalue weighted by Crippen LogP contribution is -2.22. The van der Waals surface area contributed by atoms with Crippen molar-refractivity contribution in [1.82, 2.24) is 4.57 Å². The van der Waals surface area contributed by atoms with Crippen LogP contribution in [0.15, 0.2) is 33.7 Å². The molecule has 130 valence electrons. The zero-order valence-electron chi connectivity index (χ0n) is 12.9. The molecule has 0 N–H and O–H groups in total. The Morgan fingerprint density at radius 1 is 1.17 bits per heavy atom. The molecule has 0 saturated carbocycles. The predicted molar refractivity (Wildman–Crippen MR) is 85.0 cm³/mol. The molecule has 0 radical (unpaired) electrons. The van der Waals surface area contributed by atoms with Crippen molar-refractivity contribution in [3.8, 4) is 11.5 Å². The van der Waals surface area contributed by atoms with Gasteiger partial charge >= 0.3 is 6.18 Å². The molecule has 1 heterocycles. The largest absolute Gasteiger partial charge is 0.454 e. The highest BCUT2D eigenvalue weighted by Gasteiger charge is 2.27. The van der Waals surface area contributed by atoms with Gasteiger partial charge in [0.1, 0.15) is 11.6 Å². The minimum atomic E-state index is -4.36. The minimum absolute atomic E-state index is 0.176. The Morgan fingerprint density at radius 3 is 2.29 bits per heavy atom. The van der Waals surface area contributed by atoms with Crippen LogP contribution in [-0.2, 0) is 6.54 Å². The first-order chi connectivity index (χ1) is 11.1.